The van der Waals surface area contributed by atoms with Crippen LogP contribution in [0.5, 0.6) is 0 Å². The summed E-state index contributed by atoms with van der Waals surface area (Å²) in [5, 5.41) is 0.773. The van der Waals surface area contributed by atoms with Crippen LogP contribution in [-0.2, 0) is 6.42 Å². The molecule has 54 valence electrons. The van der Waals surface area contributed by atoms with E-state index in [1.165, 1.54) is 0 Å². The zero-order valence-corrected chi connectivity index (χ0v) is 7.36. The summed E-state index contributed by atoms with van der Waals surface area (Å²) in [5.74, 6) is 0. The Balaban J connectivity index is 0.000001000. The molecule has 0 aliphatic carbocycles. The number of rotatable bonds is 2. The molecule has 0 saturated carbocycles. The number of hydrogen-bond donors (Lipinski definition) is 0. The van der Waals surface area contributed by atoms with Gasteiger partial charge in [0.15, 0.2) is 0 Å². The summed E-state index contributed by atoms with van der Waals surface area (Å²) in [6, 6.07) is 7.65. The first kappa shape index (κ1) is 11.1. The van der Waals surface area contributed by atoms with E-state index in [1.807, 2.05) is 24.3 Å². The average Bonchev–Trinajstić information content (AvgIpc) is 1.94. The Morgan fingerprint density at radius 3 is 2.45 bits per heavy atom. The fraction of sp³-hybridized carbons (Fsp3) is 0.250. The normalized spacial score (nSPS) is 8.91. The first-order chi connectivity index (χ1) is 4.84. The summed E-state index contributed by atoms with van der Waals surface area (Å²) < 4.78 is 0. The SMILES string of the molecule is [Li+].[NH-]CCc1ccccc1Cl. The zero-order chi connectivity index (χ0) is 7.40. The van der Waals surface area contributed by atoms with Crippen LogP contribution < -0.4 is 18.9 Å². The minimum absolute atomic E-state index is 0. The molecule has 1 aromatic carbocycles. The number of hydrogen-bond acceptors (Lipinski definition) is 0. The molecule has 1 nitrogen and oxygen atoms in total. The van der Waals surface area contributed by atoms with Gasteiger partial charge in [-0.15, -0.1) is 6.54 Å². The van der Waals surface area contributed by atoms with Crippen LogP contribution in [0.2, 0.25) is 5.02 Å². The van der Waals surface area contributed by atoms with Gasteiger partial charge in [-0.25, -0.2) is 0 Å². The van der Waals surface area contributed by atoms with Crippen molar-refractivity contribution < 1.29 is 18.9 Å². The summed E-state index contributed by atoms with van der Waals surface area (Å²) in [6.45, 7) is 0.406. The molecule has 0 aliphatic heterocycles. The van der Waals surface area contributed by atoms with Gasteiger partial charge in [0.05, 0.1) is 0 Å². The minimum atomic E-state index is 0. The van der Waals surface area contributed by atoms with E-state index in [9.17, 15) is 0 Å². The molecular weight excluding hydrogens is 152 g/mol. The third kappa shape index (κ3) is 3.31. The zero-order valence-electron chi connectivity index (χ0n) is 6.60. The Kier molecular flexibility index (Phi) is 5.72. The predicted molar refractivity (Wildman–Crippen MR) is 44.3 cm³/mol. The van der Waals surface area contributed by atoms with Crippen LogP contribution in [0.15, 0.2) is 24.3 Å². The maximum atomic E-state index is 6.98. The van der Waals surface area contributed by atoms with Crippen molar-refractivity contribution in [3.8, 4) is 0 Å². The molecule has 0 heterocycles. The van der Waals surface area contributed by atoms with Gasteiger partial charge in [0.25, 0.3) is 0 Å². The van der Waals surface area contributed by atoms with Crippen LogP contribution >= 0.6 is 11.6 Å². The number of halogens is 1. The smallest absolute Gasteiger partial charge is 0.677 e. The predicted octanol–water partition coefficient (Wildman–Crippen LogP) is -0.0613. The van der Waals surface area contributed by atoms with Gasteiger partial charge in [-0.05, 0) is 18.1 Å². The van der Waals surface area contributed by atoms with E-state index < -0.39 is 0 Å². The van der Waals surface area contributed by atoms with Gasteiger partial charge in [0, 0.05) is 5.02 Å². The number of nitrogens with one attached hydrogen (secondary N) is 1. The van der Waals surface area contributed by atoms with Crippen LogP contribution in [0, 0.1) is 0 Å². The van der Waals surface area contributed by atoms with Gasteiger partial charge in [0.1, 0.15) is 0 Å². The third-order valence-corrected chi connectivity index (χ3v) is 1.72. The van der Waals surface area contributed by atoms with Gasteiger partial charge < -0.3 is 5.73 Å². The van der Waals surface area contributed by atoms with Gasteiger partial charge in [-0.2, -0.15) is 0 Å². The second-order valence-electron chi connectivity index (χ2n) is 2.09. The summed E-state index contributed by atoms with van der Waals surface area (Å²) in [5.41, 5.74) is 8.05. The maximum Gasteiger partial charge on any atom is 1.00 e. The topological polar surface area (TPSA) is 23.8 Å². The Morgan fingerprint density at radius 1 is 1.27 bits per heavy atom. The maximum absolute atomic E-state index is 6.98. The summed E-state index contributed by atoms with van der Waals surface area (Å²) in [7, 11) is 0. The largest absolute Gasteiger partial charge is 1.00 e. The Hall–Kier alpha value is 0.0674. The molecule has 3 heteroatoms. The van der Waals surface area contributed by atoms with Gasteiger partial charge in [-0.1, -0.05) is 29.8 Å². The van der Waals surface area contributed by atoms with E-state index in [0.29, 0.717) is 6.54 Å². The molecule has 0 atom stereocenters. The van der Waals surface area contributed by atoms with Crippen LogP contribution in [0.25, 0.3) is 5.73 Å². The summed E-state index contributed by atoms with van der Waals surface area (Å²) >= 11 is 5.82. The van der Waals surface area contributed by atoms with Crippen molar-refractivity contribution >= 4 is 11.6 Å². The van der Waals surface area contributed by atoms with Crippen molar-refractivity contribution in [3.63, 3.8) is 0 Å². The summed E-state index contributed by atoms with van der Waals surface area (Å²) in [4.78, 5) is 0. The van der Waals surface area contributed by atoms with Crippen molar-refractivity contribution in [2.75, 3.05) is 6.54 Å². The average molecular weight is 162 g/mol. The molecule has 0 unspecified atom stereocenters. The first-order valence-corrected chi connectivity index (χ1v) is 3.60. The molecular formula is C8H9ClLiN. The molecule has 1 rings (SSSR count). The second kappa shape index (κ2) is 5.68. The van der Waals surface area contributed by atoms with E-state index in [1.54, 1.807) is 0 Å². The Labute approximate surface area is 84.1 Å². The third-order valence-electron chi connectivity index (χ3n) is 1.35. The van der Waals surface area contributed by atoms with Crippen molar-refractivity contribution in [3.05, 3.63) is 40.6 Å². The van der Waals surface area contributed by atoms with E-state index in [0.717, 1.165) is 17.0 Å². The van der Waals surface area contributed by atoms with Crippen molar-refractivity contribution in [1.82, 2.24) is 0 Å². The molecule has 11 heavy (non-hydrogen) atoms. The molecule has 0 aromatic heterocycles. The molecule has 1 aromatic rings. The Morgan fingerprint density at radius 2 is 1.91 bits per heavy atom. The molecule has 0 bridgehead atoms. The summed E-state index contributed by atoms with van der Waals surface area (Å²) in [6.07, 6.45) is 0.750. The first-order valence-electron chi connectivity index (χ1n) is 3.22. The second-order valence-corrected chi connectivity index (χ2v) is 2.50. The monoisotopic (exact) mass is 161 g/mol. The van der Waals surface area contributed by atoms with Crippen LogP contribution in [-0.4, -0.2) is 6.54 Å². The van der Waals surface area contributed by atoms with E-state index in [4.69, 9.17) is 17.3 Å². The quantitative estimate of drug-likeness (QED) is 0.543. The Bertz CT molecular complexity index is 215. The molecule has 0 aliphatic rings. The van der Waals surface area contributed by atoms with E-state index in [-0.39, 0.29) is 18.9 Å². The van der Waals surface area contributed by atoms with Crippen molar-refractivity contribution in [2.24, 2.45) is 0 Å². The van der Waals surface area contributed by atoms with Crippen molar-refractivity contribution in [2.45, 2.75) is 6.42 Å². The molecule has 0 radical (unpaired) electrons. The molecule has 0 spiro atoms. The standard InChI is InChI=1S/C8H9ClN.Li/c9-8-4-2-1-3-7(8)5-6-10;/h1-4,10H,5-6H2;/q-1;+1. The van der Waals surface area contributed by atoms with Crippen LogP contribution in [0.3, 0.4) is 0 Å². The fourth-order valence-corrected chi connectivity index (χ4v) is 1.07. The van der Waals surface area contributed by atoms with E-state index in [2.05, 4.69) is 0 Å². The molecule has 0 amide bonds. The molecule has 0 fully saturated rings. The van der Waals surface area contributed by atoms with Crippen LogP contribution in [0.1, 0.15) is 5.56 Å². The van der Waals surface area contributed by atoms with Gasteiger partial charge >= 0.3 is 18.9 Å². The minimum Gasteiger partial charge on any atom is -0.677 e. The van der Waals surface area contributed by atoms with Crippen LogP contribution in [0.4, 0.5) is 0 Å². The number of benzene rings is 1. The molecule has 1 N–H and O–H groups in total. The fourth-order valence-electron chi connectivity index (χ4n) is 0.836. The van der Waals surface area contributed by atoms with Gasteiger partial charge in [-0.3, -0.25) is 0 Å². The van der Waals surface area contributed by atoms with Gasteiger partial charge in [0.2, 0.25) is 0 Å². The van der Waals surface area contributed by atoms with E-state index >= 15 is 0 Å². The van der Waals surface area contributed by atoms with Crippen molar-refractivity contribution in [1.29, 1.82) is 0 Å². The molecule has 0 saturated heterocycles.